The van der Waals surface area contributed by atoms with Gasteiger partial charge in [-0.1, -0.05) is 40.2 Å². The van der Waals surface area contributed by atoms with Crippen LogP contribution < -0.4 is 5.32 Å². The zero-order valence-corrected chi connectivity index (χ0v) is 12.3. The largest absolute Gasteiger partial charge is 0.306 e. The third-order valence-electron chi connectivity index (χ3n) is 3.02. The lowest BCUT2D eigenvalue weighted by atomic mass is 10.1. The van der Waals surface area contributed by atoms with E-state index in [0.717, 1.165) is 16.6 Å². The van der Waals surface area contributed by atoms with Gasteiger partial charge in [-0.05, 0) is 42.3 Å². The number of nitrogens with zero attached hydrogens (tertiary/aromatic N) is 1. The minimum absolute atomic E-state index is 0.267. The van der Waals surface area contributed by atoms with E-state index in [1.54, 1.807) is 0 Å². The van der Waals surface area contributed by atoms with Crippen LogP contribution in [0.4, 0.5) is 0 Å². The van der Waals surface area contributed by atoms with Gasteiger partial charge in [0.15, 0.2) is 0 Å². The molecule has 0 aromatic heterocycles. The van der Waals surface area contributed by atoms with Gasteiger partial charge < -0.3 is 5.32 Å². The van der Waals surface area contributed by atoms with Gasteiger partial charge in [0, 0.05) is 17.1 Å². The summed E-state index contributed by atoms with van der Waals surface area (Å²) < 4.78 is 1.09. The molecule has 0 bridgehead atoms. The molecule has 0 saturated heterocycles. The molecule has 0 aliphatic rings. The highest BCUT2D eigenvalue weighted by atomic mass is 79.9. The van der Waals surface area contributed by atoms with E-state index in [1.807, 2.05) is 36.4 Å². The van der Waals surface area contributed by atoms with E-state index in [-0.39, 0.29) is 6.04 Å². The Morgan fingerprint density at radius 3 is 2.74 bits per heavy atom. The van der Waals surface area contributed by atoms with Crippen molar-refractivity contribution < 1.29 is 0 Å². The first-order valence-corrected chi connectivity index (χ1v) is 6.96. The van der Waals surface area contributed by atoms with Gasteiger partial charge in [0.2, 0.25) is 0 Å². The molecule has 0 aliphatic heterocycles. The van der Waals surface area contributed by atoms with Crippen molar-refractivity contribution in [1.82, 2.24) is 5.32 Å². The highest BCUT2D eigenvalue weighted by molar-refractivity contribution is 9.10. The van der Waals surface area contributed by atoms with Crippen LogP contribution >= 0.6 is 15.9 Å². The van der Waals surface area contributed by atoms with Crippen LogP contribution in [0.5, 0.6) is 0 Å². The summed E-state index contributed by atoms with van der Waals surface area (Å²) in [6, 6.07) is 18.4. The van der Waals surface area contributed by atoms with Crippen LogP contribution in [0, 0.1) is 11.3 Å². The second-order valence-electron chi connectivity index (χ2n) is 4.47. The first-order chi connectivity index (χ1) is 9.19. The normalized spacial score (nSPS) is 11.8. The molecule has 0 saturated carbocycles. The predicted octanol–water partition coefficient (Wildman–Crippen LogP) is 4.17. The van der Waals surface area contributed by atoms with Crippen molar-refractivity contribution in [1.29, 1.82) is 5.26 Å². The van der Waals surface area contributed by atoms with Crippen LogP contribution in [0.3, 0.4) is 0 Å². The van der Waals surface area contributed by atoms with Crippen LogP contribution in [0.15, 0.2) is 53.0 Å². The van der Waals surface area contributed by atoms with Gasteiger partial charge >= 0.3 is 0 Å². The third-order valence-corrected chi connectivity index (χ3v) is 3.51. The predicted molar refractivity (Wildman–Crippen MR) is 80.6 cm³/mol. The van der Waals surface area contributed by atoms with Crippen LogP contribution in [0.25, 0.3) is 0 Å². The maximum atomic E-state index is 8.87. The van der Waals surface area contributed by atoms with Crippen LogP contribution in [-0.4, -0.2) is 0 Å². The fraction of sp³-hybridized carbons (Fsp3) is 0.188. The summed E-state index contributed by atoms with van der Waals surface area (Å²) in [4.78, 5) is 0. The Labute approximate surface area is 122 Å². The summed E-state index contributed by atoms with van der Waals surface area (Å²) in [5.41, 5.74) is 3.07. The summed E-state index contributed by atoms with van der Waals surface area (Å²) in [5.74, 6) is 0. The lowest BCUT2D eigenvalue weighted by molar-refractivity contribution is 0.574. The molecule has 0 amide bonds. The topological polar surface area (TPSA) is 35.8 Å². The number of nitriles is 1. The molecule has 2 nitrogen and oxygen atoms in total. The molecule has 1 atom stereocenters. The van der Waals surface area contributed by atoms with Gasteiger partial charge in [-0.2, -0.15) is 5.26 Å². The van der Waals surface area contributed by atoms with E-state index < -0.39 is 0 Å². The maximum absolute atomic E-state index is 8.87. The minimum atomic E-state index is 0.267. The summed E-state index contributed by atoms with van der Waals surface area (Å²) >= 11 is 3.48. The lowest BCUT2D eigenvalue weighted by Crippen LogP contribution is -2.18. The Balaban J connectivity index is 2.00. The van der Waals surface area contributed by atoms with Crippen LogP contribution in [-0.2, 0) is 6.54 Å². The fourth-order valence-electron chi connectivity index (χ4n) is 1.92. The summed E-state index contributed by atoms with van der Waals surface area (Å²) in [6.07, 6.45) is 0. The molecule has 2 aromatic carbocycles. The molecule has 19 heavy (non-hydrogen) atoms. The highest BCUT2D eigenvalue weighted by Crippen LogP contribution is 2.18. The minimum Gasteiger partial charge on any atom is -0.306 e. The van der Waals surface area contributed by atoms with Crippen molar-refractivity contribution in [3.05, 3.63) is 69.7 Å². The molecule has 0 heterocycles. The third kappa shape index (κ3) is 3.92. The van der Waals surface area contributed by atoms with Gasteiger partial charge in [-0.3, -0.25) is 0 Å². The number of benzene rings is 2. The van der Waals surface area contributed by atoms with E-state index in [4.69, 9.17) is 5.26 Å². The number of hydrogen-bond donors (Lipinski definition) is 1. The van der Waals surface area contributed by atoms with E-state index in [9.17, 15) is 0 Å². The number of nitrogens with one attached hydrogen (secondary N) is 1. The quantitative estimate of drug-likeness (QED) is 0.919. The van der Waals surface area contributed by atoms with Crippen LogP contribution in [0.2, 0.25) is 0 Å². The fourth-order valence-corrected chi connectivity index (χ4v) is 2.33. The molecular formula is C16H15BrN2. The molecule has 0 aliphatic carbocycles. The Hall–Kier alpha value is -1.63. The molecule has 0 radical (unpaired) electrons. The molecule has 1 N–H and O–H groups in total. The molecule has 2 rings (SSSR count). The van der Waals surface area contributed by atoms with Crippen molar-refractivity contribution >= 4 is 15.9 Å². The smallest absolute Gasteiger partial charge is 0.0991 e. The van der Waals surface area contributed by atoms with Crippen molar-refractivity contribution in [2.45, 2.75) is 19.5 Å². The van der Waals surface area contributed by atoms with Gasteiger partial charge in [-0.15, -0.1) is 0 Å². The monoisotopic (exact) mass is 314 g/mol. The van der Waals surface area contributed by atoms with Crippen molar-refractivity contribution in [3.63, 3.8) is 0 Å². The van der Waals surface area contributed by atoms with E-state index in [0.29, 0.717) is 5.56 Å². The summed E-state index contributed by atoms with van der Waals surface area (Å²) in [5, 5.41) is 12.3. The summed E-state index contributed by atoms with van der Waals surface area (Å²) in [6.45, 7) is 2.89. The Morgan fingerprint density at radius 2 is 2.00 bits per heavy atom. The molecule has 0 fully saturated rings. The maximum Gasteiger partial charge on any atom is 0.0991 e. The Kier molecular flexibility index (Phi) is 4.73. The van der Waals surface area contributed by atoms with Gasteiger partial charge in [0.05, 0.1) is 11.6 Å². The van der Waals surface area contributed by atoms with Gasteiger partial charge in [0.1, 0.15) is 0 Å². The Bertz CT molecular complexity index is 602. The number of hydrogen-bond acceptors (Lipinski definition) is 2. The summed E-state index contributed by atoms with van der Waals surface area (Å²) in [7, 11) is 0. The van der Waals surface area contributed by atoms with E-state index >= 15 is 0 Å². The van der Waals surface area contributed by atoms with Crippen molar-refractivity contribution in [3.8, 4) is 6.07 Å². The van der Waals surface area contributed by atoms with Gasteiger partial charge in [0.25, 0.3) is 0 Å². The average Bonchev–Trinajstić information content (AvgIpc) is 2.45. The average molecular weight is 315 g/mol. The Morgan fingerprint density at radius 1 is 1.21 bits per heavy atom. The zero-order chi connectivity index (χ0) is 13.7. The molecular weight excluding hydrogens is 300 g/mol. The highest BCUT2D eigenvalue weighted by Gasteiger charge is 2.05. The standard InChI is InChI=1S/C16H15BrN2/c1-12(15-6-3-7-16(17)9-15)19-11-14-5-2-4-13(8-14)10-18/h2-9,12,19H,11H2,1H3/t12-/m0/s1. The van der Waals surface area contributed by atoms with Gasteiger partial charge in [-0.25, -0.2) is 0 Å². The zero-order valence-electron chi connectivity index (χ0n) is 10.7. The van der Waals surface area contributed by atoms with E-state index in [1.165, 1.54) is 5.56 Å². The molecule has 3 heteroatoms. The number of rotatable bonds is 4. The first-order valence-electron chi connectivity index (χ1n) is 6.17. The SMILES string of the molecule is C[C@H](NCc1cccc(C#N)c1)c1cccc(Br)c1. The lowest BCUT2D eigenvalue weighted by Gasteiger charge is -2.14. The van der Waals surface area contributed by atoms with Crippen molar-refractivity contribution in [2.24, 2.45) is 0 Å². The van der Waals surface area contributed by atoms with Crippen molar-refractivity contribution in [2.75, 3.05) is 0 Å². The molecule has 96 valence electrons. The second kappa shape index (κ2) is 6.51. The van der Waals surface area contributed by atoms with Crippen LogP contribution in [0.1, 0.15) is 29.7 Å². The first kappa shape index (κ1) is 13.8. The molecule has 0 spiro atoms. The second-order valence-corrected chi connectivity index (χ2v) is 5.39. The molecule has 0 unspecified atom stereocenters. The molecule has 2 aromatic rings. The number of halogens is 1. The van der Waals surface area contributed by atoms with E-state index in [2.05, 4.69) is 46.4 Å².